The number of carbonyl (C=O) groups is 2. The van der Waals surface area contributed by atoms with E-state index in [1.165, 1.54) is 12.1 Å². The Bertz CT molecular complexity index is 558. The molecule has 7 heteroatoms. The zero-order valence-corrected chi connectivity index (χ0v) is 11.1. The van der Waals surface area contributed by atoms with Crippen LogP contribution in [0.4, 0.5) is 0 Å². The van der Waals surface area contributed by atoms with E-state index in [0.29, 0.717) is 11.1 Å². The first-order valence-electron chi connectivity index (χ1n) is 5.39. The summed E-state index contributed by atoms with van der Waals surface area (Å²) in [6.07, 6.45) is -0.116. The quantitative estimate of drug-likeness (QED) is 0.760. The molecule has 0 amide bonds. The van der Waals surface area contributed by atoms with Gasteiger partial charge in [0.05, 0.1) is 19.3 Å². The molecule has 0 saturated heterocycles. The first-order chi connectivity index (χ1) is 8.82. The molecule has 1 aromatic rings. The van der Waals surface area contributed by atoms with E-state index in [1.807, 2.05) is 0 Å². The fraction of sp³-hybridized carbons (Fsp3) is 0.333. The number of methoxy groups -OCH3 is 1. The van der Waals surface area contributed by atoms with Gasteiger partial charge in [-0.15, -0.1) is 0 Å². The average Bonchev–Trinajstić information content (AvgIpc) is 2.30. The summed E-state index contributed by atoms with van der Waals surface area (Å²) in [5, 5.41) is 8.60. The summed E-state index contributed by atoms with van der Waals surface area (Å²) < 4.78 is 27.6. The molecular weight excluding hydrogens is 272 g/mol. The molecule has 104 valence electrons. The molecule has 0 aliphatic rings. The van der Waals surface area contributed by atoms with Crippen LogP contribution in [-0.2, 0) is 36.3 Å². The van der Waals surface area contributed by atoms with E-state index >= 15 is 0 Å². The Morgan fingerprint density at radius 1 is 1.16 bits per heavy atom. The number of carbonyl (C=O) groups excluding carboxylic acids is 1. The molecular formula is C12H14O6S. The zero-order valence-electron chi connectivity index (χ0n) is 10.3. The summed E-state index contributed by atoms with van der Waals surface area (Å²) in [5.41, 5.74) is 1.08. The molecule has 0 spiro atoms. The van der Waals surface area contributed by atoms with Gasteiger partial charge in [-0.3, -0.25) is 9.59 Å². The van der Waals surface area contributed by atoms with Gasteiger partial charge < -0.3 is 9.84 Å². The molecule has 0 aliphatic heterocycles. The number of ether oxygens (including phenoxy) is 1. The van der Waals surface area contributed by atoms with Crippen LogP contribution in [0.25, 0.3) is 0 Å². The third-order valence-corrected chi connectivity index (χ3v) is 3.78. The predicted octanol–water partition coefficient (Wildman–Crippen LogP) is 0.401. The van der Waals surface area contributed by atoms with Gasteiger partial charge in [-0.05, 0) is 11.1 Å². The molecule has 0 saturated carbocycles. The van der Waals surface area contributed by atoms with Crippen molar-refractivity contribution in [3.63, 3.8) is 0 Å². The van der Waals surface area contributed by atoms with Crippen LogP contribution < -0.4 is 0 Å². The molecule has 0 unspecified atom stereocenters. The predicted molar refractivity (Wildman–Crippen MR) is 67.3 cm³/mol. The van der Waals surface area contributed by atoms with Crippen molar-refractivity contribution in [2.24, 2.45) is 0 Å². The lowest BCUT2D eigenvalue weighted by Gasteiger charge is -2.04. The molecule has 19 heavy (non-hydrogen) atoms. The molecule has 1 N–H and O–H groups in total. The zero-order chi connectivity index (χ0) is 14.5. The number of hydrogen-bond donors (Lipinski definition) is 1. The smallest absolute Gasteiger partial charge is 0.320 e. The standard InChI is InChI=1S/C12H14O6S/c1-18-12(15)8-19(16,17)7-10-4-2-9(3-5-10)6-11(13)14/h2-5H,6-8H2,1H3,(H,13,14). The van der Waals surface area contributed by atoms with Gasteiger partial charge in [0, 0.05) is 0 Å². The van der Waals surface area contributed by atoms with Gasteiger partial charge in [0.25, 0.3) is 0 Å². The van der Waals surface area contributed by atoms with E-state index in [1.54, 1.807) is 12.1 Å². The summed E-state index contributed by atoms with van der Waals surface area (Å²) in [5.74, 6) is -2.70. The normalized spacial score (nSPS) is 11.0. The maximum absolute atomic E-state index is 11.6. The van der Waals surface area contributed by atoms with Crippen LogP contribution in [0.3, 0.4) is 0 Å². The minimum absolute atomic E-state index is 0.116. The van der Waals surface area contributed by atoms with Crippen molar-refractivity contribution in [2.45, 2.75) is 12.2 Å². The van der Waals surface area contributed by atoms with E-state index < -0.39 is 27.5 Å². The van der Waals surface area contributed by atoms with Crippen molar-refractivity contribution in [3.8, 4) is 0 Å². The van der Waals surface area contributed by atoms with Crippen LogP contribution in [-0.4, -0.2) is 38.3 Å². The molecule has 6 nitrogen and oxygen atoms in total. The Labute approximate surface area is 110 Å². The second-order valence-corrected chi connectivity index (χ2v) is 6.06. The van der Waals surface area contributed by atoms with Crippen molar-refractivity contribution in [2.75, 3.05) is 12.9 Å². The Hall–Kier alpha value is -1.89. The lowest BCUT2D eigenvalue weighted by Crippen LogP contribution is -2.18. The third kappa shape index (κ3) is 5.52. The van der Waals surface area contributed by atoms with Gasteiger partial charge in [0.2, 0.25) is 0 Å². The summed E-state index contributed by atoms with van der Waals surface area (Å²) in [4.78, 5) is 21.4. The number of hydrogen-bond acceptors (Lipinski definition) is 5. The first-order valence-corrected chi connectivity index (χ1v) is 7.21. The topological polar surface area (TPSA) is 97.7 Å². The van der Waals surface area contributed by atoms with Crippen LogP contribution in [0.15, 0.2) is 24.3 Å². The second-order valence-electron chi connectivity index (χ2n) is 4.00. The number of benzene rings is 1. The van der Waals surface area contributed by atoms with Crippen LogP contribution in [0, 0.1) is 0 Å². The highest BCUT2D eigenvalue weighted by Gasteiger charge is 2.17. The summed E-state index contributed by atoms with van der Waals surface area (Å²) >= 11 is 0. The summed E-state index contributed by atoms with van der Waals surface area (Å²) in [6.45, 7) is 0. The highest BCUT2D eigenvalue weighted by molar-refractivity contribution is 7.91. The van der Waals surface area contributed by atoms with E-state index in [0.717, 1.165) is 7.11 Å². The van der Waals surface area contributed by atoms with Crippen molar-refractivity contribution in [1.82, 2.24) is 0 Å². The maximum atomic E-state index is 11.6. The molecule has 0 aliphatic carbocycles. The molecule has 0 aromatic heterocycles. The molecule has 0 bridgehead atoms. The van der Waals surface area contributed by atoms with Gasteiger partial charge in [0.15, 0.2) is 9.84 Å². The third-order valence-electron chi connectivity index (χ3n) is 2.33. The fourth-order valence-electron chi connectivity index (χ4n) is 1.47. The molecule has 0 fully saturated rings. The average molecular weight is 286 g/mol. The van der Waals surface area contributed by atoms with Crippen molar-refractivity contribution >= 4 is 21.8 Å². The highest BCUT2D eigenvalue weighted by atomic mass is 32.2. The Morgan fingerprint density at radius 3 is 2.16 bits per heavy atom. The number of carboxylic acid groups (broad SMARTS) is 1. The van der Waals surface area contributed by atoms with E-state index in [-0.39, 0.29) is 12.2 Å². The van der Waals surface area contributed by atoms with Gasteiger partial charge in [-0.25, -0.2) is 8.42 Å². The Balaban J connectivity index is 2.72. The highest BCUT2D eigenvalue weighted by Crippen LogP contribution is 2.10. The molecule has 1 rings (SSSR count). The van der Waals surface area contributed by atoms with E-state index in [4.69, 9.17) is 5.11 Å². The van der Waals surface area contributed by atoms with Crippen LogP contribution >= 0.6 is 0 Å². The van der Waals surface area contributed by atoms with Crippen LogP contribution in [0.1, 0.15) is 11.1 Å². The molecule has 0 heterocycles. The second kappa shape index (κ2) is 6.33. The van der Waals surface area contributed by atoms with Gasteiger partial charge >= 0.3 is 11.9 Å². The minimum Gasteiger partial charge on any atom is -0.481 e. The fourth-order valence-corrected chi connectivity index (χ4v) is 2.75. The monoisotopic (exact) mass is 286 g/mol. The number of rotatable bonds is 6. The first kappa shape index (κ1) is 15.2. The number of esters is 1. The van der Waals surface area contributed by atoms with E-state index in [2.05, 4.69) is 4.74 Å². The summed E-state index contributed by atoms with van der Waals surface area (Å²) in [6, 6.07) is 6.18. The Kier molecular flexibility index (Phi) is 5.05. The van der Waals surface area contributed by atoms with E-state index in [9.17, 15) is 18.0 Å². The number of sulfone groups is 1. The van der Waals surface area contributed by atoms with Crippen molar-refractivity contribution in [3.05, 3.63) is 35.4 Å². The largest absolute Gasteiger partial charge is 0.481 e. The van der Waals surface area contributed by atoms with Crippen molar-refractivity contribution < 1.29 is 27.9 Å². The van der Waals surface area contributed by atoms with Crippen LogP contribution in [0.2, 0.25) is 0 Å². The van der Waals surface area contributed by atoms with Gasteiger partial charge in [-0.2, -0.15) is 0 Å². The van der Waals surface area contributed by atoms with Gasteiger partial charge in [-0.1, -0.05) is 24.3 Å². The van der Waals surface area contributed by atoms with Gasteiger partial charge in [0.1, 0.15) is 5.75 Å². The van der Waals surface area contributed by atoms with Crippen LogP contribution in [0.5, 0.6) is 0 Å². The minimum atomic E-state index is -3.57. The Morgan fingerprint density at radius 2 is 1.68 bits per heavy atom. The number of aliphatic carboxylic acids is 1. The number of carboxylic acids is 1. The summed E-state index contributed by atoms with van der Waals surface area (Å²) in [7, 11) is -2.45. The molecule has 0 radical (unpaired) electrons. The lowest BCUT2D eigenvalue weighted by atomic mass is 10.1. The lowest BCUT2D eigenvalue weighted by molar-refractivity contribution is -0.138. The molecule has 0 atom stereocenters. The SMILES string of the molecule is COC(=O)CS(=O)(=O)Cc1ccc(CC(=O)O)cc1. The maximum Gasteiger partial charge on any atom is 0.320 e. The molecule has 1 aromatic carbocycles. The van der Waals surface area contributed by atoms with Crippen molar-refractivity contribution in [1.29, 1.82) is 0 Å².